The maximum Gasteiger partial charge on any atom is 0.338 e. The summed E-state index contributed by atoms with van der Waals surface area (Å²) in [5.41, 5.74) is 14.6. The van der Waals surface area contributed by atoms with E-state index in [4.69, 9.17) is 30.4 Å². The number of hydrogen-bond acceptors (Lipinski definition) is 10. The normalized spacial score (nSPS) is 10.7. The van der Waals surface area contributed by atoms with Gasteiger partial charge in [-0.15, -0.1) is 0 Å². The minimum absolute atomic E-state index is 0.0546. The SMILES string of the molecule is C=C(C)C(=O)OCCOC(=O)/C=C/c1ccc(C(=O)c2ccc(OCCCCCCOC(=O)c3cc(N)cc(N)c3)cc2)cc1. The molecule has 10 heteroatoms. The van der Waals surface area contributed by atoms with E-state index in [2.05, 4.69) is 6.58 Å². The molecule has 0 atom stereocenters. The first kappa shape index (κ1) is 34.1. The highest BCUT2D eigenvalue weighted by atomic mass is 16.6. The molecule has 0 spiro atoms. The van der Waals surface area contributed by atoms with E-state index in [0.29, 0.717) is 52.6 Å². The van der Waals surface area contributed by atoms with Crippen molar-refractivity contribution in [2.45, 2.75) is 32.6 Å². The van der Waals surface area contributed by atoms with E-state index in [-0.39, 0.29) is 24.6 Å². The zero-order valence-corrected chi connectivity index (χ0v) is 25.3. The molecule has 0 unspecified atom stereocenters. The smallest absolute Gasteiger partial charge is 0.338 e. The van der Waals surface area contributed by atoms with Gasteiger partial charge < -0.3 is 30.4 Å². The molecular formula is C35H38N2O8. The Bertz CT molecular complexity index is 1490. The van der Waals surface area contributed by atoms with E-state index < -0.39 is 17.9 Å². The van der Waals surface area contributed by atoms with Crippen LogP contribution in [-0.4, -0.2) is 50.1 Å². The second-order valence-electron chi connectivity index (χ2n) is 10.2. The predicted molar refractivity (Wildman–Crippen MR) is 172 cm³/mol. The molecule has 0 bridgehead atoms. The van der Waals surface area contributed by atoms with E-state index in [9.17, 15) is 19.2 Å². The van der Waals surface area contributed by atoms with Gasteiger partial charge in [-0.25, -0.2) is 14.4 Å². The molecule has 0 aliphatic heterocycles. The van der Waals surface area contributed by atoms with Gasteiger partial charge in [0.25, 0.3) is 0 Å². The van der Waals surface area contributed by atoms with Gasteiger partial charge in [-0.05, 0) is 86.7 Å². The number of benzene rings is 3. The number of carbonyl (C=O) groups excluding carboxylic acids is 4. The summed E-state index contributed by atoms with van der Waals surface area (Å²) >= 11 is 0. The van der Waals surface area contributed by atoms with Gasteiger partial charge in [-0.2, -0.15) is 0 Å². The Kier molecular flexibility index (Phi) is 13.4. The molecule has 0 fully saturated rings. The summed E-state index contributed by atoms with van der Waals surface area (Å²) in [6.07, 6.45) is 6.20. The molecule has 4 N–H and O–H groups in total. The Morgan fingerprint density at radius 1 is 0.689 bits per heavy atom. The van der Waals surface area contributed by atoms with Crippen molar-refractivity contribution >= 4 is 41.1 Å². The number of carbonyl (C=O) groups is 4. The van der Waals surface area contributed by atoms with E-state index in [1.54, 1.807) is 60.7 Å². The molecule has 0 saturated carbocycles. The van der Waals surface area contributed by atoms with Crippen molar-refractivity contribution in [2.24, 2.45) is 0 Å². The molecule has 0 saturated heterocycles. The minimum Gasteiger partial charge on any atom is -0.494 e. The van der Waals surface area contributed by atoms with Gasteiger partial charge in [0.1, 0.15) is 19.0 Å². The number of ketones is 1. The van der Waals surface area contributed by atoms with Crippen molar-refractivity contribution in [2.75, 3.05) is 37.9 Å². The average molecular weight is 615 g/mol. The van der Waals surface area contributed by atoms with E-state index in [1.807, 2.05) is 0 Å². The number of esters is 3. The lowest BCUT2D eigenvalue weighted by molar-refractivity contribution is -0.146. The zero-order chi connectivity index (χ0) is 32.6. The van der Waals surface area contributed by atoms with Crippen molar-refractivity contribution in [3.8, 4) is 5.75 Å². The lowest BCUT2D eigenvalue weighted by atomic mass is 10.0. The fourth-order valence-corrected chi connectivity index (χ4v) is 4.02. The zero-order valence-electron chi connectivity index (χ0n) is 25.3. The standard InChI is InChI=1S/C35H38N2O8/c1-24(2)34(40)45-20-19-43-32(38)16-9-25-7-10-26(11-8-25)33(39)27-12-14-31(15-13-27)42-17-5-3-4-6-18-44-35(41)28-21-29(36)23-30(37)22-28/h7-16,21-23H,1,3-6,17-20,36-37H2,2H3/b16-9+. The molecule has 10 nitrogen and oxygen atoms in total. The highest BCUT2D eigenvalue weighted by Gasteiger charge is 2.10. The first-order valence-corrected chi connectivity index (χ1v) is 14.5. The van der Waals surface area contributed by atoms with Crippen LogP contribution in [0.3, 0.4) is 0 Å². The number of unbranched alkanes of at least 4 members (excludes halogenated alkanes) is 3. The van der Waals surface area contributed by atoms with Gasteiger partial charge in [-0.3, -0.25) is 4.79 Å². The van der Waals surface area contributed by atoms with Crippen LogP contribution in [0.4, 0.5) is 11.4 Å². The highest BCUT2D eigenvalue weighted by molar-refractivity contribution is 6.09. The number of nitrogen functional groups attached to an aromatic ring is 2. The molecule has 3 rings (SSSR count). The predicted octanol–water partition coefficient (Wildman–Crippen LogP) is 5.55. The van der Waals surface area contributed by atoms with Crippen LogP contribution in [0, 0.1) is 0 Å². The van der Waals surface area contributed by atoms with Crippen LogP contribution >= 0.6 is 0 Å². The van der Waals surface area contributed by atoms with E-state index >= 15 is 0 Å². The molecule has 0 aliphatic rings. The molecule has 0 aliphatic carbocycles. The third kappa shape index (κ3) is 12.0. The third-order valence-electron chi connectivity index (χ3n) is 6.36. The Hall–Kier alpha value is -5.38. The Balaban J connectivity index is 1.31. The van der Waals surface area contributed by atoms with Crippen LogP contribution < -0.4 is 16.2 Å². The Morgan fingerprint density at radius 2 is 1.27 bits per heavy atom. The largest absolute Gasteiger partial charge is 0.494 e. The monoisotopic (exact) mass is 614 g/mol. The third-order valence-corrected chi connectivity index (χ3v) is 6.36. The quantitative estimate of drug-likeness (QED) is 0.0493. The van der Waals surface area contributed by atoms with Gasteiger partial charge >= 0.3 is 17.9 Å². The molecule has 0 heterocycles. The molecule has 45 heavy (non-hydrogen) atoms. The topological polar surface area (TPSA) is 157 Å². The first-order valence-electron chi connectivity index (χ1n) is 14.5. The summed E-state index contributed by atoms with van der Waals surface area (Å²) in [5.74, 6) is -1.03. The van der Waals surface area contributed by atoms with Gasteiger partial charge in [-0.1, -0.05) is 30.8 Å². The van der Waals surface area contributed by atoms with E-state index in [0.717, 1.165) is 25.7 Å². The van der Waals surface area contributed by atoms with Crippen molar-refractivity contribution in [3.63, 3.8) is 0 Å². The average Bonchev–Trinajstić information content (AvgIpc) is 3.02. The maximum atomic E-state index is 12.9. The Labute approximate surface area is 262 Å². The summed E-state index contributed by atoms with van der Waals surface area (Å²) in [7, 11) is 0. The number of rotatable bonds is 17. The number of nitrogens with two attached hydrogens (primary N) is 2. The lowest BCUT2D eigenvalue weighted by Crippen LogP contribution is -2.12. The molecule has 236 valence electrons. The maximum absolute atomic E-state index is 12.9. The molecule has 0 radical (unpaired) electrons. The van der Waals surface area contributed by atoms with Gasteiger partial charge in [0.2, 0.25) is 0 Å². The second kappa shape index (κ2) is 17.7. The molecule has 0 amide bonds. The summed E-state index contributed by atoms with van der Waals surface area (Å²) < 4.78 is 20.9. The van der Waals surface area contributed by atoms with Gasteiger partial charge in [0.05, 0.1) is 18.8 Å². The highest BCUT2D eigenvalue weighted by Crippen LogP contribution is 2.18. The van der Waals surface area contributed by atoms with Crippen LogP contribution in [0.1, 0.15) is 64.4 Å². The summed E-state index contributed by atoms with van der Waals surface area (Å²) in [5, 5.41) is 0. The molecular weight excluding hydrogens is 576 g/mol. The molecule has 3 aromatic carbocycles. The van der Waals surface area contributed by atoms with E-state index in [1.165, 1.54) is 25.1 Å². The Morgan fingerprint density at radius 3 is 1.89 bits per heavy atom. The van der Waals surface area contributed by atoms with Crippen LogP contribution in [-0.2, 0) is 23.8 Å². The fraction of sp³-hybridized carbons (Fsp3) is 0.257. The van der Waals surface area contributed by atoms with Crippen molar-refractivity contribution in [1.29, 1.82) is 0 Å². The lowest BCUT2D eigenvalue weighted by Gasteiger charge is -2.08. The summed E-state index contributed by atoms with van der Waals surface area (Å²) in [6.45, 7) is 5.72. The fourth-order valence-electron chi connectivity index (χ4n) is 4.02. The number of anilines is 2. The number of ether oxygens (including phenoxy) is 4. The van der Waals surface area contributed by atoms with Crippen LogP contribution in [0.2, 0.25) is 0 Å². The van der Waals surface area contributed by atoms with Crippen molar-refractivity contribution < 1.29 is 38.1 Å². The summed E-state index contributed by atoms with van der Waals surface area (Å²) in [6, 6.07) is 18.4. The van der Waals surface area contributed by atoms with Crippen LogP contribution in [0.25, 0.3) is 6.08 Å². The minimum atomic E-state index is -0.580. The second-order valence-corrected chi connectivity index (χ2v) is 10.2. The van der Waals surface area contributed by atoms with Gasteiger partial charge in [0, 0.05) is 34.2 Å². The summed E-state index contributed by atoms with van der Waals surface area (Å²) in [4.78, 5) is 48.1. The molecule has 3 aromatic rings. The van der Waals surface area contributed by atoms with Gasteiger partial charge in [0.15, 0.2) is 5.78 Å². The number of hydrogen-bond donors (Lipinski definition) is 2. The van der Waals surface area contributed by atoms with Crippen molar-refractivity contribution in [1.82, 2.24) is 0 Å². The first-order chi connectivity index (χ1) is 21.6. The molecule has 0 aromatic heterocycles. The van der Waals surface area contributed by atoms with Crippen LogP contribution in [0.5, 0.6) is 5.75 Å². The van der Waals surface area contributed by atoms with Crippen LogP contribution in [0.15, 0.2) is 85.0 Å². The van der Waals surface area contributed by atoms with Crippen molar-refractivity contribution in [3.05, 3.63) is 107 Å².